The highest BCUT2D eigenvalue weighted by Gasteiger charge is 2.27. The summed E-state index contributed by atoms with van der Waals surface area (Å²) in [6.07, 6.45) is 7.03. The van der Waals surface area contributed by atoms with E-state index in [0.717, 1.165) is 17.7 Å². The molecule has 0 aromatic heterocycles. The van der Waals surface area contributed by atoms with Crippen LogP contribution in [0.3, 0.4) is 0 Å². The fourth-order valence-corrected chi connectivity index (χ4v) is 2.90. The largest absolute Gasteiger partial charge is 0.497 e. The van der Waals surface area contributed by atoms with Crippen LogP contribution in [0.15, 0.2) is 30.3 Å². The molecule has 1 aromatic carbocycles. The first kappa shape index (κ1) is 15.6. The molecule has 1 aromatic rings. The van der Waals surface area contributed by atoms with Crippen molar-refractivity contribution in [1.29, 1.82) is 0 Å². The Morgan fingerprint density at radius 3 is 2.62 bits per heavy atom. The van der Waals surface area contributed by atoms with Gasteiger partial charge in [-0.2, -0.15) is 0 Å². The minimum atomic E-state index is -0.00299. The topological polar surface area (TPSA) is 38.3 Å². The van der Waals surface area contributed by atoms with E-state index in [0.29, 0.717) is 17.9 Å². The molecule has 0 saturated heterocycles. The Morgan fingerprint density at radius 1 is 1.24 bits per heavy atom. The highest BCUT2D eigenvalue weighted by molar-refractivity contribution is 5.91. The summed E-state index contributed by atoms with van der Waals surface area (Å²) in [5.74, 6) is 2.06. The minimum absolute atomic E-state index is 0.00299. The van der Waals surface area contributed by atoms with E-state index in [1.54, 1.807) is 13.2 Å². The van der Waals surface area contributed by atoms with Crippen molar-refractivity contribution >= 4 is 12.0 Å². The maximum atomic E-state index is 12.0. The van der Waals surface area contributed by atoms with Crippen molar-refractivity contribution in [2.45, 2.75) is 39.2 Å². The molecule has 3 nitrogen and oxygen atoms in total. The maximum absolute atomic E-state index is 12.0. The highest BCUT2D eigenvalue weighted by Crippen LogP contribution is 2.29. The average Bonchev–Trinajstić information content (AvgIpc) is 2.50. The van der Waals surface area contributed by atoms with Crippen LogP contribution in [0.2, 0.25) is 0 Å². The van der Waals surface area contributed by atoms with Gasteiger partial charge < -0.3 is 10.1 Å². The number of rotatable bonds is 4. The first-order valence-electron chi connectivity index (χ1n) is 7.73. The Labute approximate surface area is 127 Å². The summed E-state index contributed by atoms with van der Waals surface area (Å²) >= 11 is 0. The minimum Gasteiger partial charge on any atom is -0.497 e. The van der Waals surface area contributed by atoms with E-state index in [1.807, 2.05) is 30.3 Å². The molecule has 0 radical (unpaired) electrons. The van der Waals surface area contributed by atoms with Gasteiger partial charge in [-0.3, -0.25) is 4.79 Å². The van der Waals surface area contributed by atoms with Crippen molar-refractivity contribution < 1.29 is 9.53 Å². The zero-order chi connectivity index (χ0) is 15.2. The summed E-state index contributed by atoms with van der Waals surface area (Å²) in [6, 6.07) is 7.97. The second-order valence-corrected chi connectivity index (χ2v) is 5.99. The lowest BCUT2D eigenvalue weighted by atomic mass is 9.78. The molecule has 1 aliphatic carbocycles. The Hall–Kier alpha value is -1.77. The molecule has 0 aliphatic heterocycles. The molecule has 114 valence electrons. The Kier molecular flexibility index (Phi) is 5.43. The lowest BCUT2D eigenvalue weighted by molar-refractivity contribution is -0.117. The van der Waals surface area contributed by atoms with Crippen molar-refractivity contribution in [1.82, 2.24) is 5.32 Å². The number of hydrogen-bond donors (Lipinski definition) is 1. The highest BCUT2D eigenvalue weighted by atomic mass is 16.5. The first-order valence-corrected chi connectivity index (χ1v) is 7.73. The smallest absolute Gasteiger partial charge is 0.244 e. The number of nitrogens with one attached hydrogen (secondary N) is 1. The summed E-state index contributed by atoms with van der Waals surface area (Å²) in [5.41, 5.74) is 0.996. The quantitative estimate of drug-likeness (QED) is 0.858. The van der Waals surface area contributed by atoms with E-state index in [4.69, 9.17) is 4.74 Å². The molecular formula is C18H25NO2. The molecule has 1 N–H and O–H groups in total. The van der Waals surface area contributed by atoms with Crippen LogP contribution in [-0.4, -0.2) is 19.1 Å². The Bertz CT molecular complexity index is 492. The van der Waals surface area contributed by atoms with Gasteiger partial charge in [-0.15, -0.1) is 0 Å². The Morgan fingerprint density at radius 2 is 1.95 bits per heavy atom. The number of ether oxygens (including phenoxy) is 1. The number of benzene rings is 1. The van der Waals surface area contributed by atoms with Crippen molar-refractivity contribution in [3.63, 3.8) is 0 Å². The molecule has 3 atom stereocenters. The molecule has 0 bridgehead atoms. The standard InChI is InChI=1S/C18H25NO2/c1-13-5-4-6-17(14(13)2)19-18(20)12-9-15-7-10-16(21-3)11-8-15/h7-14,17H,4-6H2,1-3H3,(H,19,20)/b12-9+/t13-,14+,17+/m0/s1. The first-order chi connectivity index (χ1) is 10.1. The van der Waals surface area contributed by atoms with Crippen LogP contribution >= 0.6 is 0 Å². The fourth-order valence-electron chi connectivity index (χ4n) is 2.90. The SMILES string of the molecule is COc1ccc(/C=C/C(=O)N[C@@H]2CCC[C@H](C)[C@H]2C)cc1. The van der Waals surface area contributed by atoms with Gasteiger partial charge in [-0.25, -0.2) is 0 Å². The molecule has 2 rings (SSSR count). The third-order valence-corrected chi connectivity index (χ3v) is 4.58. The summed E-state index contributed by atoms with van der Waals surface area (Å²) in [5, 5.41) is 3.14. The molecule has 1 fully saturated rings. The van der Waals surface area contributed by atoms with Gasteiger partial charge in [0.25, 0.3) is 0 Å². The third kappa shape index (κ3) is 4.35. The van der Waals surface area contributed by atoms with Crippen LogP contribution in [0.4, 0.5) is 0 Å². The van der Waals surface area contributed by atoms with E-state index in [9.17, 15) is 4.79 Å². The van der Waals surface area contributed by atoms with Gasteiger partial charge in [0.1, 0.15) is 5.75 Å². The van der Waals surface area contributed by atoms with Crippen LogP contribution in [0.5, 0.6) is 5.75 Å². The summed E-state index contributed by atoms with van der Waals surface area (Å²) in [6.45, 7) is 4.51. The fraction of sp³-hybridized carbons (Fsp3) is 0.500. The monoisotopic (exact) mass is 287 g/mol. The molecule has 0 spiro atoms. The number of amides is 1. The number of carbonyl (C=O) groups excluding carboxylic acids is 1. The van der Waals surface area contributed by atoms with Gasteiger partial charge in [0, 0.05) is 12.1 Å². The molecule has 1 amide bonds. The molecule has 3 heteroatoms. The van der Waals surface area contributed by atoms with Crippen LogP contribution < -0.4 is 10.1 Å². The van der Waals surface area contributed by atoms with Crippen molar-refractivity contribution in [3.05, 3.63) is 35.9 Å². The van der Waals surface area contributed by atoms with Crippen molar-refractivity contribution in [2.24, 2.45) is 11.8 Å². The lowest BCUT2D eigenvalue weighted by Gasteiger charge is -2.34. The molecular weight excluding hydrogens is 262 g/mol. The molecule has 0 heterocycles. The summed E-state index contributed by atoms with van der Waals surface area (Å²) in [7, 11) is 1.64. The average molecular weight is 287 g/mol. The second-order valence-electron chi connectivity index (χ2n) is 5.99. The zero-order valence-corrected chi connectivity index (χ0v) is 13.1. The zero-order valence-electron chi connectivity index (χ0n) is 13.1. The van der Waals surface area contributed by atoms with Gasteiger partial charge in [0.2, 0.25) is 5.91 Å². The number of methoxy groups -OCH3 is 1. The van der Waals surface area contributed by atoms with Gasteiger partial charge in [-0.1, -0.05) is 38.8 Å². The van der Waals surface area contributed by atoms with E-state index in [-0.39, 0.29) is 5.91 Å². The van der Waals surface area contributed by atoms with Gasteiger partial charge in [0.15, 0.2) is 0 Å². The predicted molar refractivity (Wildman–Crippen MR) is 86.1 cm³/mol. The molecule has 1 saturated carbocycles. The van der Waals surface area contributed by atoms with Crippen LogP contribution in [0, 0.1) is 11.8 Å². The number of hydrogen-bond acceptors (Lipinski definition) is 2. The number of carbonyl (C=O) groups is 1. The van der Waals surface area contributed by atoms with Crippen molar-refractivity contribution in [2.75, 3.05) is 7.11 Å². The van der Waals surface area contributed by atoms with Gasteiger partial charge >= 0.3 is 0 Å². The van der Waals surface area contributed by atoms with E-state index in [1.165, 1.54) is 12.8 Å². The normalized spacial score (nSPS) is 25.8. The van der Waals surface area contributed by atoms with E-state index in [2.05, 4.69) is 19.2 Å². The van der Waals surface area contributed by atoms with Crippen LogP contribution in [0.1, 0.15) is 38.7 Å². The summed E-state index contributed by atoms with van der Waals surface area (Å²) in [4.78, 5) is 12.0. The molecule has 21 heavy (non-hydrogen) atoms. The van der Waals surface area contributed by atoms with Gasteiger partial charge in [-0.05, 0) is 42.0 Å². The molecule has 0 unspecified atom stereocenters. The van der Waals surface area contributed by atoms with E-state index < -0.39 is 0 Å². The van der Waals surface area contributed by atoms with Crippen LogP contribution in [-0.2, 0) is 4.79 Å². The predicted octanol–water partition coefficient (Wildman–Crippen LogP) is 3.65. The third-order valence-electron chi connectivity index (χ3n) is 4.58. The lowest BCUT2D eigenvalue weighted by Crippen LogP contribution is -2.43. The molecule has 1 aliphatic rings. The van der Waals surface area contributed by atoms with E-state index >= 15 is 0 Å². The second kappa shape index (κ2) is 7.30. The van der Waals surface area contributed by atoms with Crippen molar-refractivity contribution in [3.8, 4) is 5.75 Å². The maximum Gasteiger partial charge on any atom is 0.244 e. The summed E-state index contributed by atoms with van der Waals surface area (Å²) < 4.78 is 5.11. The van der Waals surface area contributed by atoms with Gasteiger partial charge in [0.05, 0.1) is 7.11 Å². The Balaban J connectivity index is 1.89. The van der Waals surface area contributed by atoms with Crippen LogP contribution in [0.25, 0.3) is 6.08 Å².